The van der Waals surface area contributed by atoms with Gasteiger partial charge in [0.05, 0.1) is 19.8 Å². The summed E-state index contributed by atoms with van der Waals surface area (Å²) in [4.78, 5) is 11.4. The van der Waals surface area contributed by atoms with Crippen LogP contribution in [0.15, 0.2) is 22.7 Å². The lowest BCUT2D eigenvalue weighted by molar-refractivity contribution is -0.128. The minimum Gasteiger partial charge on any atom is -0.496 e. The number of carbonyl (C=O) groups is 1. The largest absolute Gasteiger partial charge is 0.496 e. The fourth-order valence-corrected chi connectivity index (χ4v) is 2.17. The Balaban J connectivity index is 2.28. The summed E-state index contributed by atoms with van der Waals surface area (Å²) in [6.07, 6.45) is 0.803. The number of Topliss-reactive ketones (excluding diaryl/α,β-unsaturated/α-hetero) is 1. The Morgan fingerprint density at radius 2 is 2.31 bits per heavy atom. The highest BCUT2D eigenvalue weighted by Gasteiger charge is 2.24. The molecule has 0 aliphatic carbocycles. The molecule has 0 spiro atoms. The monoisotopic (exact) mass is 284 g/mol. The second-order valence-corrected chi connectivity index (χ2v) is 4.65. The van der Waals surface area contributed by atoms with Crippen LogP contribution in [-0.2, 0) is 9.53 Å². The number of rotatable bonds is 2. The highest BCUT2D eigenvalue weighted by Crippen LogP contribution is 2.34. The molecule has 2 rings (SSSR count). The fourth-order valence-electron chi connectivity index (χ4n) is 1.83. The number of benzene rings is 1. The maximum Gasteiger partial charge on any atom is 0.138 e. The Morgan fingerprint density at radius 1 is 1.50 bits per heavy atom. The van der Waals surface area contributed by atoms with Gasteiger partial charge in [-0.1, -0.05) is 22.0 Å². The Labute approximate surface area is 103 Å². The third-order valence-corrected chi connectivity index (χ3v) is 3.15. The van der Waals surface area contributed by atoms with Crippen molar-refractivity contribution in [1.29, 1.82) is 0 Å². The number of ether oxygens (including phenoxy) is 2. The van der Waals surface area contributed by atoms with Crippen LogP contribution in [0.3, 0.4) is 0 Å². The summed E-state index contributed by atoms with van der Waals surface area (Å²) in [5.41, 5.74) is 0.943. The number of methoxy groups -OCH3 is 1. The molecule has 0 amide bonds. The SMILES string of the molecule is COc1cc(Br)ccc1C1CC(=O)CCO1. The van der Waals surface area contributed by atoms with Crippen LogP contribution >= 0.6 is 15.9 Å². The van der Waals surface area contributed by atoms with Gasteiger partial charge >= 0.3 is 0 Å². The predicted molar refractivity (Wildman–Crippen MR) is 63.6 cm³/mol. The van der Waals surface area contributed by atoms with Gasteiger partial charge in [0.15, 0.2) is 0 Å². The maximum atomic E-state index is 11.4. The lowest BCUT2D eigenvalue weighted by atomic mass is 10.00. The van der Waals surface area contributed by atoms with Gasteiger partial charge in [0.25, 0.3) is 0 Å². The van der Waals surface area contributed by atoms with Crippen molar-refractivity contribution in [3.05, 3.63) is 28.2 Å². The van der Waals surface area contributed by atoms with Crippen LogP contribution in [0, 0.1) is 0 Å². The van der Waals surface area contributed by atoms with E-state index >= 15 is 0 Å². The lowest BCUT2D eigenvalue weighted by Gasteiger charge is -2.23. The number of halogens is 1. The molecule has 1 saturated heterocycles. The first-order valence-electron chi connectivity index (χ1n) is 5.17. The normalized spacial score (nSPS) is 20.9. The zero-order valence-corrected chi connectivity index (χ0v) is 10.6. The number of ketones is 1. The van der Waals surface area contributed by atoms with Crippen molar-refractivity contribution in [2.24, 2.45) is 0 Å². The maximum absolute atomic E-state index is 11.4. The van der Waals surface area contributed by atoms with E-state index in [0.717, 1.165) is 15.8 Å². The van der Waals surface area contributed by atoms with E-state index in [2.05, 4.69) is 15.9 Å². The van der Waals surface area contributed by atoms with Crippen molar-refractivity contribution in [1.82, 2.24) is 0 Å². The van der Waals surface area contributed by atoms with E-state index in [9.17, 15) is 4.79 Å². The Bertz CT molecular complexity index is 403. The minimum absolute atomic E-state index is 0.163. The van der Waals surface area contributed by atoms with Crippen molar-refractivity contribution >= 4 is 21.7 Å². The quantitative estimate of drug-likeness (QED) is 0.838. The molecule has 0 radical (unpaired) electrons. The van der Waals surface area contributed by atoms with Crippen molar-refractivity contribution in [2.45, 2.75) is 18.9 Å². The predicted octanol–water partition coefficient (Wildman–Crippen LogP) is 2.88. The van der Waals surface area contributed by atoms with Gasteiger partial charge in [-0.3, -0.25) is 4.79 Å². The first kappa shape index (κ1) is 11.6. The average Bonchev–Trinajstić information content (AvgIpc) is 2.28. The molecule has 0 saturated carbocycles. The Kier molecular flexibility index (Phi) is 3.61. The molecule has 1 atom stereocenters. The van der Waals surface area contributed by atoms with Gasteiger partial charge in [0, 0.05) is 22.9 Å². The van der Waals surface area contributed by atoms with Gasteiger partial charge in [-0.05, 0) is 12.1 Å². The molecule has 3 nitrogen and oxygen atoms in total. The van der Waals surface area contributed by atoms with Gasteiger partial charge < -0.3 is 9.47 Å². The number of hydrogen-bond acceptors (Lipinski definition) is 3. The van der Waals surface area contributed by atoms with Gasteiger partial charge in [0.1, 0.15) is 11.5 Å². The second kappa shape index (κ2) is 4.97. The summed E-state index contributed by atoms with van der Waals surface area (Å²) in [5.74, 6) is 1.01. The van der Waals surface area contributed by atoms with Crippen LogP contribution in [0.1, 0.15) is 24.5 Å². The molecule has 1 fully saturated rings. The highest BCUT2D eigenvalue weighted by molar-refractivity contribution is 9.10. The van der Waals surface area contributed by atoms with E-state index in [1.54, 1.807) is 7.11 Å². The van der Waals surface area contributed by atoms with Gasteiger partial charge in [0.2, 0.25) is 0 Å². The van der Waals surface area contributed by atoms with Crippen LogP contribution in [0.25, 0.3) is 0 Å². The van der Waals surface area contributed by atoms with E-state index in [-0.39, 0.29) is 11.9 Å². The average molecular weight is 285 g/mol. The zero-order valence-electron chi connectivity index (χ0n) is 9.03. The summed E-state index contributed by atoms with van der Waals surface area (Å²) in [7, 11) is 1.62. The van der Waals surface area contributed by atoms with Crippen molar-refractivity contribution in [3.8, 4) is 5.75 Å². The molecule has 1 aromatic rings. The van der Waals surface area contributed by atoms with Crippen LogP contribution in [0.5, 0.6) is 5.75 Å². The number of carbonyl (C=O) groups excluding carboxylic acids is 1. The molecule has 0 aromatic heterocycles. The molecule has 1 aliphatic rings. The smallest absolute Gasteiger partial charge is 0.138 e. The van der Waals surface area contributed by atoms with E-state index < -0.39 is 0 Å². The van der Waals surface area contributed by atoms with Gasteiger partial charge in [-0.15, -0.1) is 0 Å². The Morgan fingerprint density at radius 3 is 3.00 bits per heavy atom. The minimum atomic E-state index is -0.163. The standard InChI is InChI=1S/C12H13BrO3/c1-15-11-6-8(13)2-3-10(11)12-7-9(14)4-5-16-12/h2-3,6,12H,4-5,7H2,1H3. The van der Waals surface area contributed by atoms with Crippen LogP contribution in [0.2, 0.25) is 0 Å². The molecule has 86 valence electrons. The van der Waals surface area contributed by atoms with E-state index in [0.29, 0.717) is 19.4 Å². The zero-order chi connectivity index (χ0) is 11.5. The highest BCUT2D eigenvalue weighted by atomic mass is 79.9. The van der Waals surface area contributed by atoms with Crippen LogP contribution in [0.4, 0.5) is 0 Å². The molecule has 16 heavy (non-hydrogen) atoms. The third kappa shape index (κ3) is 2.44. The van der Waals surface area contributed by atoms with Crippen LogP contribution in [-0.4, -0.2) is 19.5 Å². The molecule has 1 aromatic carbocycles. The van der Waals surface area contributed by atoms with Crippen molar-refractivity contribution in [2.75, 3.05) is 13.7 Å². The second-order valence-electron chi connectivity index (χ2n) is 3.74. The lowest BCUT2D eigenvalue weighted by Crippen LogP contribution is -2.19. The summed E-state index contributed by atoms with van der Waals surface area (Å²) in [6, 6.07) is 5.75. The summed E-state index contributed by atoms with van der Waals surface area (Å²) < 4.78 is 11.8. The van der Waals surface area contributed by atoms with Crippen molar-refractivity contribution in [3.63, 3.8) is 0 Å². The number of hydrogen-bond donors (Lipinski definition) is 0. The van der Waals surface area contributed by atoms with E-state index in [1.807, 2.05) is 18.2 Å². The summed E-state index contributed by atoms with van der Waals surface area (Å²) in [5, 5.41) is 0. The first-order chi connectivity index (χ1) is 7.70. The molecule has 4 heteroatoms. The van der Waals surface area contributed by atoms with Crippen LogP contribution < -0.4 is 4.74 Å². The van der Waals surface area contributed by atoms with E-state index in [1.165, 1.54) is 0 Å². The topological polar surface area (TPSA) is 35.5 Å². The van der Waals surface area contributed by atoms with Crippen molar-refractivity contribution < 1.29 is 14.3 Å². The molecule has 0 N–H and O–H groups in total. The molecule has 1 heterocycles. The summed E-state index contributed by atoms with van der Waals surface area (Å²) in [6.45, 7) is 0.503. The molecule has 1 unspecified atom stereocenters. The van der Waals surface area contributed by atoms with Gasteiger partial charge in [-0.2, -0.15) is 0 Å². The van der Waals surface area contributed by atoms with E-state index in [4.69, 9.17) is 9.47 Å². The molecule has 1 aliphatic heterocycles. The summed E-state index contributed by atoms with van der Waals surface area (Å²) >= 11 is 3.39. The first-order valence-corrected chi connectivity index (χ1v) is 5.96. The molecular weight excluding hydrogens is 272 g/mol. The van der Waals surface area contributed by atoms with Gasteiger partial charge in [-0.25, -0.2) is 0 Å². The third-order valence-electron chi connectivity index (χ3n) is 2.66. The fraction of sp³-hybridized carbons (Fsp3) is 0.417. The molecular formula is C12H13BrO3. The Hall–Kier alpha value is -0.870. The molecule has 0 bridgehead atoms.